The van der Waals surface area contributed by atoms with Gasteiger partial charge in [0, 0.05) is 51.2 Å². The quantitative estimate of drug-likeness (QED) is 0.471. The van der Waals surface area contributed by atoms with Crippen molar-refractivity contribution in [3.05, 3.63) is 73.3 Å². The molecule has 6 nitrogen and oxygen atoms in total. The van der Waals surface area contributed by atoms with Crippen LogP contribution >= 0.6 is 0 Å². The largest absolute Gasteiger partial charge is 0.494 e. The van der Waals surface area contributed by atoms with Crippen molar-refractivity contribution in [3.63, 3.8) is 0 Å². The van der Waals surface area contributed by atoms with E-state index in [-0.39, 0.29) is 5.41 Å². The van der Waals surface area contributed by atoms with Crippen molar-refractivity contribution < 1.29 is 18.6 Å². The number of pyridine rings is 2. The second-order valence-electron chi connectivity index (χ2n) is 8.30. The molecule has 6 rings (SSSR count). The van der Waals surface area contributed by atoms with Crippen LogP contribution in [-0.2, 0) is 18.6 Å². The van der Waals surface area contributed by atoms with Crippen LogP contribution in [0.3, 0.4) is 0 Å². The zero-order chi connectivity index (χ0) is 20.7. The van der Waals surface area contributed by atoms with Gasteiger partial charge in [-0.3, -0.25) is 9.97 Å². The van der Waals surface area contributed by atoms with Crippen molar-refractivity contribution in [3.8, 4) is 0 Å². The standard InChI is InChI=1S/C23H20B2N2O4/c1-3-17-11-26-9-7-19(17)21(5-1)24-28-13-23(14-29-24)15-30-25(31-16-23)22-6-2-4-18-12-27-10-8-20(18)22/h1-12H,13-16H2. The summed E-state index contributed by atoms with van der Waals surface area (Å²) in [5.74, 6) is 0. The third kappa shape index (κ3) is 3.42. The number of aromatic nitrogens is 2. The summed E-state index contributed by atoms with van der Waals surface area (Å²) in [6.45, 7) is 2.08. The van der Waals surface area contributed by atoms with Crippen LogP contribution in [0.25, 0.3) is 21.5 Å². The molecular formula is C23H20B2N2O4. The molecule has 0 N–H and O–H groups in total. The monoisotopic (exact) mass is 410 g/mol. The van der Waals surface area contributed by atoms with Gasteiger partial charge in [0.1, 0.15) is 0 Å². The molecule has 0 atom stereocenters. The van der Waals surface area contributed by atoms with E-state index in [1.54, 1.807) is 12.4 Å². The minimum absolute atomic E-state index is 0.300. The van der Waals surface area contributed by atoms with Crippen molar-refractivity contribution >= 4 is 46.7 Å². The fourth-order valence-corrected chi connectivity index (χ4v) is 4.42. The minimum Gasteiger partial charge on any atom is -0.406 e. The Balaban J connectivity index is 1.16. The maximum atomic E-state index is 6.17. The van der Waals surface area contributed by atoms with E-state index in [0.717, 1.165) is 32.5 Å². The third-order valence-electron chi connectivity index (χ3n) is 6.10. The predicted molar refractivity (Wildman–Crippen MR) is 121 cm³/mol. The van der Waals surface area contributed by atoms with Gasteiger partial charge in [-0.25, -0.2) is 0 Å². The van der Waals surface area contributed by atoms with Gasteiger partial charge in [-0.2, -0.15) is 0 Å². The average molecular weight is 410 g/mol. The van der Waals surface area contributed by atoms with Gasteiger partial charge >= 0.3 is 14.2 Å². The van der Waals surface area contributed by atoms with Gasteiger partial charge in [0.2, 0.25) is 0 Å². The maximum absolute atomic E-state index is 6.17. The SMILES string of the molecule is c1cc(B2OCC3(CO2)COB(c2cccc4cnccc24)OC3)c2ccncc2c1. The van der Waals surface area contributed by atoms with E-state index >= 15 is 0 Å². The zero-order valence-corrected chi connectivity index (χ0v) is 16.9. The lowest BCUT2D eigenvalue weighted by Gasteiger charge is -2.43. The first-order valence-electron chi connectivity index (χ1n) is 10.4. The minimum atomic E-state index is -0.403. The molecular weight excluding hydrogens is 390 g/mol. The van der Waals surface area contributed by atoms with Gasteiger partial charge in [0.05, 0.1) is 5.41 Å². The molecule has 4 aromatic rings. The molecule has 2 aliphatic heterocycles. The molecule has 0 radical (unpaired) electrons. The summed E-state index contributed by atoms with van der Waals surface area (Å²) in [6.07, 6.45) is 7.30. The fourth-order valence-electron chi connectivity index (χ4n) is 4.42. The highest BCUT2D eigenvalue weighted by molar-refractivity contribution is 6.65. The van der Waals surface area contributed by atoms with E-state index in [9.17, 15) is 0 Å². The Labute approximate surface area is 180 Å². The molecule has 0 saturated carbocycles. The van der Waals surface area contributed by atoms with Crippen LogP contribution < -0.4 is 10.9 Å². The normalized spacial score (nSPS) is 18.7. The number of hydrogen-bond donors (Lipinski definition) is 0. The summed E-state index contributed by atoms with van der Waals surface area (Å²) in [5.41, 5.74) is 1.75. The topological polar surface area (TPSA) is 62.7 Å². The van der Waals surface area contributed by atoms with Crippen LogP contribution in [-0.4, -0.2) is 50.6 Å². The van der Waals surface area contributed by atoms with Crippen molar-refractivity contribution in [1.29, 1.82) is 0 Å². The van der Waals surface area contributed by atoms with E-state index in [4.69, 9.17) is 18.6 Å². The molecule has 0 amide bonds. The van der Waals surface area contributed by atoms with Crippen molar-refractivity contribution in [1.82, 2.24) is 9.97 Å². The van der Waals surface area contributed by atoms with E-state index in [0.29, 0.717) is 26.4 Å². The number of nitrogens with zero attached hydrogens (tertiary/aromatic N) is 2. The van der Waals surface area contributed by atoms with E-state index in [1.165, 1.54) is 0 Å². The predicted octanol–water partition coefficient (Wildman–Crippen LogP) is 1.95. The number of fused-ring (bicyclic) bond motifs is 2. The Morgan fingerprint density at radius 3 is 1.52 bits per heavy atom. The number of hydrogen-bond acceptors (Lipinski definition) is 6. The third-order valence-corrected chi connectivity index (χ3v) is 6.10. The Hall–Kier alpha value is -2.77. The smallest absolute Gasteiger partial charge is 0.406 e. The van der Waals surface area contributed by atoms with Crippen LogP contribution in [0.5, 0.6) is 0 Å². The van der Waals surface area contributed by atoms with E-state index in [1.807, 2.05) is 60.9 Å². The molecule has 2 aliphatic rings. The first kappa shape index (κ1) is 19.0. The Morgan fingerprint density at radius 1 is 0.613 bits per heavy atom. The molecule has 152 valence electrons. The molecule has 0 unspecified atom stereocenters. The van der Waals surface area contributed by atoms with Crippen LogP contribution in [0, 0.1) is 5.41 Å². The molecule has 8 heteroatoms. The highest BCUT2D eigenvalue weighted by atomic mass is 16.6. The summed E-state index contributed by atoms with van der Waals surface area (Å²) >= 11 is 0. The Kier molecular flexibility index (Phi) is 4.73. The fraction of sp³-hybridized carbons (Fsp3) is 0.217. The van der Waals surface area contributed by atoms with Crippen molar-refractivity contribution in [2.75, 3.05) is 26.4 Å². The number of benzene rings is 2. The average Bonchev–Trinajstić information content (AvgIpc) is 2.85. The van der Waals surface area contributed by atoms with Gasteiger partial charge in [0.15, 0.2) is 0 Å². The second-order valence-corrected chi connectivity index (χ2v) is 8.30. The highest BCUT2D eigenvalue weighted by Gasteiger charge is 2.45. The van der Waals surface area contributed by atoms with Gasteiger partial charge in [-0.05, 0) is 44.6 Å². The van der Waals surface area contributed by atoms with Crippen molar-refractivity contribution in [2.24, 2.45) is 5.41 Å². The molecule has 0 bridgehead atoms. The summed E-state index contributed by atoms with van der Waals surface area (Å²) in [6, 6.07) is 16.2. The van der Waals surface area contributed by atoms with E-state index < -0.39 is 14.2 Å². The molecule has 31 heavy (non-hydrogen) atoms. The maximum Gasteiger partial charge on any atom is 0.494 e. The lowest BCUT2D eigenvalue weighted by molar-refractivity contribution is -0.0786. The summed E-state index contributed by atoms with van der Waals surface area (Å²) in [5, 5.41) is 4.34. The van der Waals surface area contributed by atoms with Gasteiger partial charge in [0.25, 0.3) is 0 Å². The van der Waals surface area contributed by atoms with Crippen LogP contribution in [0.4, 0.5) is 0 Å². The van der Waals surface area contributed by atoms with Crippen LogP contribution in [0.2, 0.25) is 0 Å². The molecule has 0 aliphatic carbocycles. The van der Waals surface area contributed by atoms with Gasteiger partial charge in [-0.1, -0.05) is 36.4 Å². The van der Waals surface area contributed by atoms with Crippen LogP contribution in [0.1, 0.15) is 0 Å². The second kappa shape index (κ2) is 7.73. The molecule has 4 heterocycles. The van der Waals surface area contributed by atoms with Gasteiger partial charge in [-0.15, -0.1) is 0 Å². The van der Waals surface area contributed by atoms with Crippen molar-refractivity contribution in [2.45, 2.75) is 0 Å². The number of rotatable bonds is 2. The lowest BCUT2D eigenvalue weighted by Crippen LogP contribution is -2.58. The Bertz CT molecular complexity index is 1130. The molecule has 2 aromatic carbocycles. The Morgan fingerprint density at radius 2 is 1.06 bits per heavy atom. The summed E-state index contributed by atoms with van der Waals surface area (Å²) in [7, 11) is -0.806. The van der Waals surface area contributed by atoms with Crippen LogP contribution in [0.15, 0.2) is 73.3 Å². The van der Waals surface area contributed by atoms with E-state index in [2.05, 4.69) is 9.97 Å². The lowest BCUT2D eigenvalue weighted by atomic mass is 9.71. The molecule has 2 aromatic heterocycles. The first-order valence-corrected chi connectivity index (χ1v) is 10.4. The molecule has 2 saturated heterocycles. The summed E-state index contributed by atoms with van der Waals surface area (Å²) in [4.78, 5) is 8.40. The zero-order valence-electron chi connectivity index (χ0n) is 16.9. The van der Waals surface area contributed by atoms with Gasteiger partial charge < -0.3 is 18.6 Å². The molecule has 2 fully saturated rings. The highest BCUT2D eigenvalue weighted by Crippen LogP contribution is 2.29. The first-order chi connectivity index (χ1) is 15.3. The molecule has 1 spiro atoms. The summed E-state index contributed by atoms with van der Waals surface area (Å²) < 4.78 is 24.7.